The summed E-state index contributed by atoms with van der Waals surface area (Å²) in [5, 5.41) is 0. The molecular formula is C9H15FSi. The van der Waals surface area contributed by atoms with Crippen molar-refractivity contribution in [3.63, 3.8) is 0 Å². The Morgan fingerprint density at radius 3 is 2.64 bits per heavy atom. The highest BCUT2D eigenvalue weighted by molar-refractivity contribution is 6.43. The summed E-state index contributed by atoms with van der Waals surface area (Å²) in [6.07, 6.45) is 8.58. The number of hydrogen-bond acceptors (Lipinski definition) is 0. The minimum absolute atomic E-state index is 0.292. The average Bonchev–Trinajstić information content (AvgIpc) is 2.07. The summed E-state index contributed by atoms with van der Waals surface area (Å²) < 4.78 is 11.7. The second-order valence-corrected chi connectivity index (χ2v) is 4.54. The summed E-state index contributed by atoms with van der Waals surface area (Å²) in [4.78, 5) is 0. The van der Waals surface area contributed by atoms with E-state index in [1.807, 2.05) is 5.70 Å². The van der Waals surface area contributed by atoms with E-state index >= 15 is 0 Å². The van der Waals surface area contributed by atoms with E-state index in [0.717, 1.165) is 15.1 Å². The van der Waals surface area contributed by atoms with Crippen molar-refractivity contribution in [1.29, 1.82) is 0 Å². The van der Waals surface area contributed by atoms with Crippen LogP contribution in [0.2, 0.25) is 5.54 Å². The van der Waals surface area contributed by atoms with Crippen molar-refractivity contribution < 1.29 is 4.39 Å². The molecule has 1 aliphatic rings. The topological polar surface area (TPSA) is 0 Å². The third kappa shape index (κ3) is 3.70. The van der Waals surface area contributed by atoms with Crippen LogP contribution in [0.1, 0.15) is 32.1 Å². The predicted octanol–water partition coefficient (Wildman–Crippen LogP) is 2.93. The molecule has 0 unspecified atom stereocenters. The number of hydrogen-bond donors (Lipinski definition) is 0. The summed E-state index contributed by atoms with van der Waals surface area (Å²) >= 11 is 0. The highest BCUT2D eigenvalue weighted by Crippen LogP contribution is 2.27. The first-order valence-corrected chi connectivity index (χ1v) is 5.56. The van der Waals surface area contributed by atoms with Gasteiger partial charge in [0.2, 0.25) is 0 Å². The molecule has 2 radical (unpaired) electrons. The van der Waals surface area contributed by atoms with Gasteiger partial charge in [-0.15, -0.1) is 0 Å². The van der Waals surface area contributed by atoms with Crippen molar-refractivity contribution >= 4 is 9.52 Å². The molecule has 0 amide bonds. The fourth-order valence-corrected chi connectivity index (χ4v) is 2.76. The van der Waals surface area contributed by atoms with E-state index in [9.17, 15) is 4.39 Å². The lowest BCUT2D eigenvalue weighted by atomic mass is 10.0. The Balaban J connectivity index is 2.09. The highest BCUT2D eigenvalue weighted by atomic mass is 28.2. The van der Waals surface area contributed by atoms with Crippen molar-refractivity contribution in [1.82, 2.24) is 0 Å². The van der Waals surface area contributed by atoms with Crippen LogP contribution < -0.4 is 0 Å². The summed E-state index contributed by atoms with van der Waals surface area (Å²) in [6, 6.07) is 0. The smallest absolute Gasteiger partial charge is 0.107 e. The molecule has 0 aromatic rings. The lowest BCUT2D eigenvalue weighted by Crippen LogP contribution is -2.06. The van der Waals surface area contributed by atoms with Crippen molar-refractivity contribution in [3.8, 4) is 0 Å². The van der Waals surface area contributed by atoms with Crippen LogP contribution in [-0.4, -0.2) is 16.2 Å². The Labute approximate surface area is 70.7 Å². The zero-order valence-corrected chi connectivity index (χ0v) is 7.85. The van der Waals surface area contributed by atoms with Crippen LogP contribution in [0.4, 0.5) is 4.39 Å². The van der Waals surface area contributed by atoms with Crippen LogP contribution in [0, 0.1) is 0 Å². The van der Waals surface area contributed by atoms with Crippen LogP contribution in [0.3, 0.4) is 0 Å². The van der Waals surface area contributed by atoms with E-state index in [1.54, 1.807) is 6.08 Å². The first-order chi connectivity index (χ1) is 5.43. The van der Waals surface area contributed by atoms with Crippen LogP contribution in [0.25, 0.3) is 0 Å². The van der Waals surface area contributed by atoms with Gasteiger partial charge in [0.05, 0.1) is 9.52 Å². The molecule has 1 fully saturated rings. The van der Waals surface area contributed by atoms with Gasteiger partial charge in [-0.3, -0.25) is 0 Å². The first kappa shape index (κ1) is 8.98. The standard InChI is InChI=1S/C9H15FSi/c10-7-4-8-11-9-5-2-1-3-6-9/h4,8-9H,1-3,5-7H2. The lowest BCUT2D eigenvalue weighted by Gasteiger charge is -2.18. The Morgan fingerprint density at radius 1 is 1.27 bits per heavy atom. The molecule has 0 heterocycles. The van der Waals surface area contributed by atoms with E-state index in [0.29, 0.717) is 0 Å². The van der Waals surface area contributed by atoms with Gasteiger partial charge in [0, 0.05) is 0 Å². The number of halogens is 1. The molecule has 0 aromatic heterocycles. The van der Waals surface area contributed by atoms with Crippen molar-refractivity contribution in [3.05, 3.63) is 11.8 Å². The molecule has 0 nitrogen and oxygen atoms in total. The maximum Gasteiger partial charge on any atom is 0.107 e. The van der Waals surface area contributed by atoms with Crippen LogP contribution >= 0.6 is 0 Å². The van der Waals surface area contributed by atoms with Gasteiger partial charge < -0.3 is 0 Å². The number of rotatable bonds is 3. The van der Waals surface area contributed by atoms with Gasteiger partial charge in [-0.2, -0.15) is 0 Å². The summed E-state index contributed by atoms with van der Waals surface area (Å²) in [7, 11) is 0.868. The summed E-state index contributed by atoms with van der Waals surface area (Å²) in [5.41, 5.74) is 2.90. The van der Waals surface area contributed by atoms with E-state index in [-0.39, 0.29) is 6.67 Å². The number of allylic oxidation sites excluding steroid dienone is 1. The van der Waals surface area contributed by atoms with E-state index in [2.05, 4.69) is 0 Å². The molecule has 11 heavy (non-hydrogen) atoms. The van der Waals surface area contributed by atoms with Gasteiger partial charge in [0.1, 0.15) is 6.67 Å². The Morgan fingerprint density at radius 2 is 2.00 bits per heavy atom. The third-order valence-electron chi connectivity index (χ3n) is 2.14. The summed E-state index contributed by atoms with van der Waals surface area (Å²) in [5.74, 6) is 0. The van der Waals surface area contributed by atoms with E-state index < -0.39 is 0 Å². The van der Waals surface area contributed by atoms with Gasteiger partial charge in [-0.25, -0.2) is 4.39 Å². The van der Waals surface area contributed by atoms with Crippen LogP contribution in [0.15, 0.2) is 11.8 Å². The van der Waals surface area contributed by atoms with Crippen molar-refractivity contribution in [2.45, 2.75) is 37.6 Å². The first-order valence-electron chi connectivity index (χ1n) is 4.40. The molecule has 1 aliphatic carbocycles. The molecule has 0 saturated heterocycles. The predicted molar refractivity (Wildman–Crippen MR) is 47.7 cm³/mol. The molecule has 0 aromatic carbocycles. The average molecular weight is 170 g/mol. The highest BCUT2D eigenvalue weighted by Gasteiger charge is 2.11. The maximum atomic E-state index is 11.7. The molecule has 62 valence electrons. The van der Waals surface area contributed by atoms with Crippen LogP contribution in [-0.2, 0) is 0 Å². The maximum absolute atomic E-state index is 11.7. The Bertz CT molecular complexity index is 117. The van der Waals surface area contributed by atoms with Gasteiger partial charge in [-0.05, 0) is 5.54 Å². The third-order valence-corrected chi connectivity index (χ3v) is 3.62. The molecule has 2 heteroatoms. The minimum Gasteiger partial charge on any atom is -0.247 e. The number of alkyl halides is 1. The monoisotopic (exact) mass is 170 g/mol. The van der Waals surface area contributed by atoms with Gasteiger partial charge in [0.15, 0.2) is 0 Å². The van der Waals surface area contributed by atoms with Crippen molar-refractivity contribution in [2.24, 2.45) is 0 Å². The molecule has 1 rings (SSSR count). The normalized spacial score (nSPS) is 21.2. The molecule has 1 saturated carbocycles. The minimum atomic E-state index is -0.292. The zero-order chi connectivity index (χ0) is 7.94. The lowest BCUT2D eigenvalue weighted by molar-refractivity contribution is 0.502. The SMILES string of the molecule is FCC=C[Si]C1CCCCC1. The van der Waals surface area contributed by atoms with Crippen LogP contribution in [0.5, 0.6) is 0 Å². The molecule has 0 N–H and O–H groups in total. The van der Waals surface area contributed by atoms with Gasteiger partial charge in [0.25, 0.3) is 0 Å². The Hall–Kier alpha value is -0.113. The molecule has 0 aliphatic heterocycles. The fourth-order valence-electron chi connectivity index (χ4n) is 1.52. The molecular weight excluding hydrogens is 155 g/mol. The fraction of sp³-hybridized carbons (Fsp3) is 0.778. The Kier molecular flexibility index (Phi) is 4.51. The van der Waals surface area contributed by atoms with Gasteiger partial charge >= 0.3 is 0 Å². The van der Waals surface area contributed by atoms with E-state index in [1.165, 1.54) is 32.1 Å². The molecule has 0 bridgehead atoms. The van der Waals surface area contributed by atoms with Crippen molar-refractivity contribution in [2.75, 3.05) is 6.67 Å². The zero-order valence-electron chi connectivity index (χ0n) is 6.85. The second kappa shape index (κ2) is 5.53. The molecule has 0 spiro atoms. The van der Waals surface area contributed by atoms with E-state index in [4.69, 9.17) is 0 Å². The largest absolute Gasteiger partial charge is 0.247 e. The molecule has 0 atom stereocenters. The van der Waals surface area contributed by atoms with Gasteiger partial charge in [-0.1, -0.05) is 43.9 Å². The second-order valence-electron chi connectivity index (χ2n) is 3.06. The summed E-state index contributed by atoms with van der Waals surface area (Å²) in [6.45, 7) is -0.292. The quantitative estimate of drug-likeness (QED) is 0.571.